The Balaban J connectivity index is 1.82. The second-order valence-corrected chi connectivity index (χ2v) is 5.76. The van der Waals surface area contributed by atoms with Gasteiger partial charge < -0.3 is 0 Å². The fraction of sp³-hybridized carbons (Fsp3) is 0.200. The number of aromatic nitrogens is 2. The second kappa shape index (κ2) is 6.52. The predicted octanol–water partition coefficient (Wildman–Crippen LogP) is 2.79. The summed E-state index contributed by atoms with van der Waals surface area (Å²) >= 11 is 0. The van der Waals surface area contributed by atoms with Gasteiger partial charge >= 0.3 is 0 Å². The number of rotatable bonds is 4. The van der Waals surface area contributed by atoms with Crippen LogP contribution in [0, 0.1) is 0 Å². The van der Waals surface area contributed by atoms with Crippen molar-refractivity contribution >= 4 is 0 Å². The number of pyridine rings is 2. The van der Waals surface area contributed by atoms with Crippen molar-refractivity contribution in [3.8, 4) is 11.1 Å². The number of aryl methyl sites for hydroxylation is 4. The van der Waals surface area contributed by atoms with Gasteiger partial charge in [-0.2, -0.15) is 0 Å². The molecule has 1 aromatic carbocycles. The molecule has 0 N–H and O–H groups in total. The van der Waals surface area contributed by atoms with E-state index >= 15 is 0 Å². The summed E-state index contributed by atoms with van der Waals surface area (Å²) in [5.74, 6) is 0. The summed E-state index contributed by atoms with van der Waals surface area (Å²) in [5, 5.41) is 0. The normalized spacial score (nSPS) is 10.6. The molecule has 0 aliphatic heterocycles. The first kappa shape index (κ1) is 14.5. The van der Waals surface area contributed by atoms with Crippen LogP contribution in [-0.2, 0) is 26.9 Å². The average Bonchev–Trinajstić information content (AvgIpc) is 2.56. The molecule has 3 rings (SSSR count). The molecule has 110 valence electrons. The third-order valence-electron chi connectivity index (χ3n) is 4.08. The molecule has 0 aliphatic rings. The summed E-state index contributed by atoms with van der Waals surface area (Å²) in [6.07, 6.45) is 8.46. The Labute approximate surface area is 132 Å². The van der Waals surface area contributed by atoms with Gasteiger partial charge in [0.15, 0.2) is 24.3 Å². The largest absolute Gasteiger partial charge is 0.208 e. The zero-order valence-electron chi connectivity index (χ0n) is 13.2. The summed E-state index contributed by atoms with van der Waals surface area (Å²) in [5.41, 5.74) is 5.29. The first-order chi connectivity index (χ1) is 10.7. The number of benzene rings is 1. The van der Waals surface area contributed by atoms with Crippen LogP contribution in [-0.4, -0.2) is 0 Å². The van der Waals surface area contributed by atoms with Gasteiger partial charge in [-0.25, -0.2) is 9.13 Å². The van der Waals surface area contributed by atoms with E-state index in [1.807, 2.05) is 7.05 Å². The number of hydrogen-bond donors (Lipinski definition) is 0. The molecule has 3 aromatic rings. The summed E-state index contributed by atoms with van der Waals surface area (Å²) in [4.78, 5) is 0. The third kappa shape index (κ3) is 3.40. The van der Waals surface area contributed by atoms with Crippen molar-refractivity contribution in [2.75, 3.05) is 0 Å². The molecule has 2 aromatic heterocycles. The maximum atomic E-state index is 2.30. The van der Waals surface area contributed by atoms with Gasteiger partial charge in [-0.3, -0.25) is 0 Å². The topological polar surface area (TPSA) is 7.76 Å². The van der Waals surface area contributed by atoms with Crippen LogP contribution in [0.1, 0.15) is 11.3 Å². The Kier molecular flexibility index (Phi) is 4.29. The summed E-state index contributed by atoms with van der Waals surface area (Å²) < 4.78 is 4.28. The average molecular weight is 290 g/mol. The van der Waals surface area contributed by atoms with Crippen molar-refractivity contribution in [2.24, 2.45) is 14.1 Å². The van der Waals surface area contributed by atoms with E-state index in [2.05, 4.69) is 89.4 Å². The Morgan fingerprint density at radius 3 is 2.14 bits per heavy atom. The SMILES string of the molecule is C[n+]1ccc(-c2cc[n+](C)c(CCc3ccccc3)c2)cc1. The third-order valence-corrected chi connectivity index (χ3v) is 4.08. The van der Waals surface area contributed by atoms with Crippen molar-refractivity contribution in [3.05, 3.63) is 84.4 Å². The van der Waals surface area contributed by atoms with Crippen LogP contribution < -0.4 is 9.13 Å². The lowest BCUT2D eigenvalue weighted by atomic mass is 10.0. The fourth-order valence-electron chi connectivity index (χ4n) is 2.66. The molecule has 2 nitrogen and oxygen atoms in total. The van der Waals surface area contributed by atoms with Crippen LogP contribution in [0.2, 0.25) is 0 Å². The van der Waals surface area contributed by atoms with Crippen molar-refractivity contribution in [1.82, 2.24) is 0 Å². The Bertz CT molecular complexity index is 746. The minimum Gasteiger partial charge on any atom is -0.208 e. The Hall–Kier alpha value is -2.48. The van der Waals surface area contributed by atoms with E-state index in [9.17, 15) is 0 Å². The van der Waals surface area contributed by atoms with E-state index in [0.29, 0.717) is 0 Å². The van der Waals surface area contributed by atoms with E-state index in [1.54, 1.807) is 0 Å². The zero-order valence-corrected chi connectivity index (χ0v) is 13.2. The molecule has 0 saturated carbocycles. The van der Waals surface area contributed by atoms with Crippen LogP contribution in [0.5, 0.6) is 0 Å². The van der Waals surface area contributed by atoms with Gasteiger partial charge in [-0.1, -0.05) is 30.3 Å². The van der Waals surface area contributed by atoms with Crippen molar-refractivity contribution in [1.29, 1.82) is 0 Å². The molecule has 0 saturated heterocycles. The van der Waals surface area contributed by atoms with E-state index in [0.717, 1.165) is 12.8 Å². The monoisotopic (exact) mass is 290 g/mol. The highest BCUT2D eigenvalue weighted by Crippen LogP contribution is 2.18. The Morgan fingerprint density at radius 1 is 0.727 bits per heavy atom. The molecule has 0 unspecified atom stereocenters. The minimum atomic E-state index is 1.05. The van der Waals surface area contributed by atoms with Gasteiger partial charge in [0.2, 0.25) is 0 Å². The standard InChI is InChI=1S/C20H22N2/c1-21-13-10-18(11-14-21)19-12-15-22(2)20(16-19)9-8-17-6-4-3-5-7-17/h3-7,10-16H,8-9H2,1-2H3/q+2. The molecular formula is C20H22N2+2. The van der Waals surface area contributed by atoms with Crippen molar-refractivity contribution in [3.63, 3.8) is 0 Å². The molecule has 0 amide bonds. The van der Waals surface area contributed by atoms with Gasteiger partial charge in [0.05, 0.1) is 0 Å². The highest BCUT2D eigenvalue weighted by Gasteiger charge is 2.10. The summed E-state index contributed by atoms with van der Waals surface area (Å²) in [6, 6.07) is 19.5. The molecule has 22 heavy (non-hydrogen) atoms. The fourth-order valence-corrected chi connectivity index (χ4v) is 2.66. The van der Waals surface area contributed by atoms with Crippen LogP contribution in [0.15, 0.2) is 73.2 Å². The number of hydrogen-bond acceptors (Lipinski definition) is 0. The van der Waals surface area contributed by atoms with Crippen LogP contribution in [0.4, 0.5) is 0 Å². The Morgan fingerprint density at radius 2 is 1.41 bits per heavy atom. The molecule has 0 fully saturated rings. The lowest BCUT2D eigenvalue weighted by molar-refractivity contribution is -0.679. The molecule has 0 bridgehead atoms. The van der Waals surface area contributed by atoms with E-state index in [4.69, 9.17) is 0 Å². The number of nitrogens with zero attached hydrogens (tertiary/aromatic N) is 2. The highest BCUT2D eigenvalue weighted by atomic mass is 14.9. The molecule has 2 heterocycles. The molecule has 0 spiro atoms. The van der Waals surface area contributed by atoms with Crippen LogP contribution >= 0.6 is 0 Å². The van der Waals surface area contributed by atoms with E-state index in [-0.39, 0.29) is 0 Å². The van der Waals surface area contributed by atoms with Gasteiger partial charge in [-0.15, -0.1) is 0 Å². The van der Waals surface area contributed by atoms with Gasteiger partial charge in [0, 0.05) is 30.7 Å². The van der Waals surface area contributed by atoms with Gasteiger partial charge in [0.1, 0.15) is 14.1 Å². The molecule has 0 radical (unpaired) electrons. The summed E-state index contributed by atoms with van der Waals surface area (Å²) in [6.45, 7) is 0. The summed E-state index contributed by atoms with van der Waals surface area (Å²) in [7, 11) is 4.16. The van der Waals surface area contributed by atoms with Gasteiger partial charge in [-0.05, 0) is 23.1 Å². The first-order valence-electron chi connectivity index (χ1n) is 7.70. The van der Waals surface area contributed by atoms with Crippen LogP contribution in [0.3, 0.4) is 0 Å². The second-order valence-electron chi connectivity index (χ2n) is 5.76. The predicted molar refractivity (Wildman–Crippen MR) is 88.1 cm³/mol. The van der Waals surface area contributed by atoms with Gasteiger partial charge in [0.25, 0.3) is 0 Å². The van der Waals surface area contributed by atoms with E-state index in [1.165, 1.54) is 22.4 Å². The maximum absolute atomic E-state index is 2.30. The lowest BCUT2D eigenvalue weighted by Crippen LogP contribution is -2.33. The zero-order chi connectivity index (χ0) is 15.4. The smallest absolute Gasteiger partial charge is 0.182 e. The molecule has 2 heteroatoms. The molecule has 0 atom stereocenters. The molecule has 0 aliphatic carbocycles. The quantitative estimate of drug-likeness (QED) is 0.653. The minimum absolute atomic E-state index is 1.05. The maximum Gasteiger partial charge on any atom is 0.182 e. The van der Waals surface area contributed by atoms with E-state index < -0.39 is 0 Å². The van der Waals surface area contributed by atoms with Crippen LogP contribution in [0.25, 0.3) is 11.1 Å². The van der Waals surface area contributed by atoms with Crippen molar-refractivity contribution in [2.45, 2.75) is 12.8 Å². The molecular weight excluding hydrogens is 268 g/mol. The highest BCUT2D eigenvalue weighted by molar-refractivity contribution is 5.61. The lowest BCUT2D eigenvalue weighted by Gasteiger charge is -2.04. The van der Waals surface area contributed by atoms with Crippen molar-refractivity contribution < 1.29 is 9.13 Å². The first-order valence-corrected chi connectivity index (χ1v) is 7.70.